The molecule has 0 amide bonds. The van der Waals surface area contributed by atoms with Gasteiger partial charge in [0.05, 0.1) is 43.2 Å². The molecular formula is C56H50N4O. The third-order valence-electron chi connectivity index (χ3n) is 11.3. The molecule has 0 spiro atoms. The smallest absolute Gasteiger partial charge is 0.137 e. The van der Waals surface area contributed by atoms with Crippen molar-refractivity contribution in [3.63, 3.8) is 0 Å². The van der Waals surface area contributed by atoms with Crippen LogP contribution in [0.25, 0.3) is 49.9 Å². The molecule has 5 nitrogen and oxygen atoms in total. The Hall–Kier alpha value is -7.11. The summed E-state index contributed by atoms with van der Waals surface area (Å²) >= 11 is 0. The van der Waals surface area contributed by atoms with Crippen molar-refractivity contribution in [2.75, 3.05) is 16.5 Å². The lowest BCUT2D eigenvalue weighted by atomic mass is 9.85. The van der Waals surface area contributed by atoms with Gasteiger partial charge in [0.25, 0.3) is 0 Å². The van der Waals surface area contributed by atoms with E-state index in [9.17, 15) is 2.74 Å². The van der Waals surface area contributed by atoms with Crippen LogP contribution in [0, 0.1) is 0 Å². The van der Waals surface area contributed by atoms with Crippen LogP contribution < -0.4 is 14.5 Å². The number of fused-ring (bicyclic) bond motifs is 4. The number of nitrogens with zero attached hydrogens (tertiary/aromatic N) is 4. The van der Waals surface area contributed by atoms with Gasteiger partial charge in [0, 0.05) is 45.9 Å². The predicted molar refractivity (Wildman–Crippen MR) is 255 cm³/mol. The number of ether oxygens (including phenoxy) is 1. The summed E-state index contributed by atoms with van der Waals surface area (Å²) in [6, 6.07) is 30.5. The summed E-state index contributed by atoms with van der Waals surface area (Å²) in [5, 5.41) is 0.287. The van der Waals surface area contributed by atoms with Crippen LogP contribution in [0.1, 0.15) is 67.7 Å². The summed E-state index contributed by atoms with van der Waals surface area (Å²) in [5.74, 6) is 0.747. The molecule has 2 aromatic heterocycles. The highest BCUT2D eigenvalue weighted by atomic mass is 16.5. The molecule has 0 saturated carbocycles. The predicted octanol–water partition coefficient (Wildman–Crippen LogP) is 15.1. The van der Waals surface area contributed by atoms with Crippen molar-refractivity contribution in [2.24, 2.45) is 0 Å². The number of pyridine rings is 1. The molecule has 10 rings (SSSR count). The molecule has 0 fully saturated rings. The van der Waals surface area contributed by atoms with Gasteiger partial charge in [-0.15, -0.1) is 0 Å². The largest absolute Gasteiger partial charge is 0.457 e. The summed E-state index contributed by atoms with van der Waals surface area (Å²) < 4.78 is 106. The number of rotatable bonds is 7. The molecule has 0 N–H and O–H groups in total. The second-order valence-electron chi connectivity index (χ2n) is 17.3. The molecule has 300 valence electrons. The molecule has 61 heavy (non-hydrogen) atoms. The SMILES string of the molecule is [2H]c1c([2H])c([2H])c(-c2cccc(-c3cccc(C(C)(C)C)c3)c2N2CN(c3cccc(Oc4cc5c(c([2H])c4[2H])c4c([2H])c([2H])c([2H])c([2H])c4n5-c4cc(C(C)(C)C)ccn4)c3)c3ccccc32)c([2H])c1[2H]. The first-order valence-electron chi connectivity index (χ1n) is 25.8. The van der Waals surface area contributed by atoms with Gasteiger partial charge in [-0.05, 0) is 87.6 Å². The van der Waals surface area contributed by atoms with Crippen LogP contribution in [0.15, 0.2) is 182 Å². The second kappa shape index (κ2) is 14.9. The fraction of sp³-hybridized carbons (Fsp3) is 0.161. The first-order chi connectivity index (χ1) is 34.1. The van der Waals surface area contributed by atoms with E-state index in [0.717, 1.165) is 33.6 Å². The van der Waals surface area contributed by atoms with Gasteiger partial charge in [0.1, 0.15) is 24.0 Å². The molecule has 5 heteroatoms. The summed E-state index contributed by atoms with van der Waals surface area (Å²) in [6.07, 6.45) is 1.65. The number of anilines is 4. The van der Waals surface area contributed by atoms with Gasteiger partial charge in [0.15, 0.2) is 0 Å². The molecule has 0 unspecified atom stereocenters. The van der Waals surface area contributed by atoms with E-state index in [1.807, 2.05) is 78.9 Å². The summed E-state index contributed by atoms with van der Waals surface area (Å²) in [5.41, 5.74) is 7.27. The van der Waals surface area contributed by atoms with Crippen LogP contribution in [0.2, 0.25) is 0 Å². The number of hydrogen-bond donors (Lipinski definition) is 0. The quantitative estimate of drug-likeness (QED) is 0.161. The van der Waals surface area contributed by atoms with Crippen LogP contribution in [0.4, 0.5) is 22.7 Å². The van der Waals surface area contributed by atoms with Crippen LogP contribution in [-0.4, -0.2) is 16.2 Å². The van der Waals surface area contributed by atoms with Crippen molar-refractivity contribution in [1.29, 1.82) is 0 Å². The Morgan fingerprint density at radius 2 is 1.21 bits per heavy atom. The van der Waals surface area contributed by atoms with Crippen molar-refractivity contribution in [1.82, 2.24) is 9.55 Å². The van der Waals surface area contributed by atoms with E-state index in [1.165, 1.54) is 0 Å². The minimum atomic E-state index is -0.472. The first kappa shape index (κ1) is 27.6. The summed E-state index contributed by atoms with van der Waals surface area (Å²) in [7, 11) is 0. The van der Waals surface area contributed by atoms with E-state index in [-0.39, 0.29) is 81.4 Å². The first-order valence-corrected chi connectivity index (χ1v) is 20.3. The third-order valence-corrected chi connectivity index (χ3v) is 11.3. The highest BCUT2D eigenvalue weighted by Gasteiger charge is 2.32. The average molecular weight is 806 g/mol. The molecule has 0 bridgehead atoms. The lowest BCUT2D eigenvalue weighted by molar-refractivity contribution is 0.483. The van der Waals surface area contributed by atoms with E-state index in [0.29, 0.717) is 34.0 Å². The Morgan fingerprint density at radius 1 is 0.541 bits per heavy atom. The number of para-hydroxylation sites is 4. The lowest BCUT2D eigenvalue weighted by Gasteiger charge is -2.28. The van der Waals surface area contributed by atoms with Gasteiger partial charge in [-0.2, -0.15) is 0 Å². The maximum atomic E-state index is 9.39. The zero-order valence-electron chi connectivity index (χ0n) is 45.9. The van der Waals surface area contributed by atoms with Gasteiger partial charge in [-0.25, -0.2) is 4.98 Å². The Bertz CT molecular complexity index is 3700. The zero-order valence-corrected chi connectivity index (χ0v) is 34.9. The Balaban J connectivity index is 1.12. The van der Waals surface area contributed by atoms with Crippen molar-refractivity contribution in [3.8, 4) is 39.6 Å². The number of aromatic nitrogens is 2. The van der Waals surface area contributed by atoms with E-state index in [1.54, 1.807) is 29.0 Å². The van der Waals surface area contributed by atoms with Crippen LogP contribution >= 0.6 is 0 Å². The average Bonchev–Trinajstić information content (AvgIpc) is 3.92. The minimum absolute atomic E-state index is 0.0223. The fourth-order valence-electron chi connectivity index (χ4n) is 8.14. The van der Waals surface area contributed by atoms with Crippen molar-refractivity contribution in [2.45, 2.75) is 52.4 Å². The molecule has 0 saturated heterocycles. The highest BCUT2D eigenvalue weighted by molar-refractivity contribution is 6.09. The van der Waals surface area contributed by atoms with Crippen LogP contribution in [0.3, 0.4) is 0 Å². The van der Waals surface area contributed by atoms with E-state index < -0.39 is 30.2 Å². The second-order valence-corrected chi connectivity index (χ2v) is 17.3. The normalized spacial score (nSPS) is 15.5. The Kier molecular flexibility index (Phi) is 6.73. The molecule has 7 aromatic carbocycles. The molecule has 9 aromatic rings. The van der Waals surface area contributed by atoms with Gasteiger partial charge >= 0.3 is 0 Å². The van der Waals surface area contributed by atoms with Gasteiger partial charge in [-0.3, -0.25) is 4.57 Å². The maximum Gasteiger partial charge on any atom is 0.137 e. The number of benzene rings is 7. The fourth-order valence-corrected chi connectivity index (χ4v) is 8.14. The topological polar surface area (TPSA) is 33.5 Å². The van der Waals surface area contributed by atoms with Gasteiger partial charge in [-0.1, -0.05) is 151 Å². The van der Waals surface area contributed by atoms with Gasteiger partial charge < -0.3 is 14.5 Å². The van der Waals surface area contributed by atoms with Crippen LogP contribution in [-0.2, 0) is 10.8 Å². The molecule has 1 aliphatic heterocycles. The minimum Gasteiger partial charge on any atom is -0.457 e. The Labute approximate surface area is 374 Å². The Morgan fingerprint density at radius 3 is 2.00 bits per heavy atom. The molecule has 0 aliphatic carbocycles. The van der Waals surface area contributed by atoms with E-state index in [4.69, 9.17) is 17.1 Å². The number of hydrogen-bond acceptors (Lipinski definition) is 4. The van der Waals surface area contributed by atoms with Crippen molar-refractivity contribution in [3.05, 3.63) is 193 Å². The van der Waals surface area contributed by atoms with Gasteiger partial charge in [0.2, 0.25) is 0 Å². The standard InChI is InChI=1S/C56H50N4O/c1-55(2,3)40-20-14-19-39(33-40)46-25-16-24-45(38-17-8-7-9-18-38)54(46)59-37-58(50-27-12-13-28-51(50)59)42-21-15-22-43(35-42)61-44-29-30-48-47-23-10-11-26-49(47)60(52(48)36-44)53-34-41(31-32-57-53)56(4,5)6/h7-36H,37H2,1-6H3/i7D,8D,9D,10D,11D,17D,18D,23D,26D,29D,30D. The molecule has 0 radical (unpaired) electrons. The third kappa shape index (κ3) is 7.00. The summed E-state index contributed by atoms with van der Waals surface area (Å²) in [6.45, 7) is 12.9. The van der Waals surface area contributed by atoms with Crippen molar-refractivity contribution >= 4 is 44.6 Å². The van der Waals surface area contributed by atoms with E-state index in [2.05, 4.69) is 68.5 Å². The zero-order chi connectivity index (χ0) is 51.5. The van der Waals surface area contributed by atoms with Crippen LogP contribution in [0.5, 0.6) is 11.5 Å². The highest BCUT2D eigenvalue weighted by Crippen LogP contribution is 2.50. The lowest BCUT2D eigenvalue weighted by Crippen LogP contribution is -2.25. The van der Waals surface area contributed by atoms with E-state index >= 15 is 0 Å². The molecule has 3 heterocycles. The monoisotopic (exact) mass is 805 g/mol. The maximum absolute atomic E-state index is 9.39. The van der Waals surface area contributed by atoms with Crippen molar-refractivity contribution < 1.29 is 19.8 Å². The molecular weight excluding hydrogens is 745 g/mol. The molecule has 1 aliphatic rings. The molecule has 0 atom stereocenters. The summed E-state index contributed by atoms with van der Waals surface area (Å²) in [4.78, 5) is 8.87.